The van der Waals surface area contributed by atoms with Gasteiger partial charge in [-0.1, -0.05) is 240 Å². The summed E-state index contributed by atoms with van der Waals surface area (Å²) in [4.78, 5) is 20.8. The Bertz CT molecular complexity index is 8860. The van der Waals surface area contributed by atoms with Crippen LogP contribution in [0.2, 0.25) is 0 Å². The van der Waals surface area contributed by atoms with E-state index in [4.69, 9.17) is 19.9 Å². The summed E-state index contributed by atoms with van der Waals surface area (Å²) >= 11 is 0. The van der Waals surface area contributed by atoms with Crippen LogP contribution in [0.1, 0.15) is 44.5 Å². The standard InChI is InChI=1S/2C62H45N5/c1-38-15-13-17-42(31-38)53-37-54(64-62(63-53)43-18-14-16-39(2)32-43)50-33-41(4)61(34-40(50)3)67-59-29-27-44(65-55-23-9-5-19-46(55)47-20-6-10-24-56(47)65)35-51(59)52-36-45(28-30-60(52)67)66-57-25-11-7-21-48(57)49-22-8-12-26-58(49)66;1-38-11-9-13-43(31-38)55-37-54(63-62(64-55)44-14-10-12-39(2)32-44)42-21-23-45(24-22-42)65-60-29-25-46(66-56-17-7-5-15-48(56)49-16-6-8-18-57(49)66)35-52(60)53-36-47(26-30-61(53)65)67-58-27-19-40(3)33-50(58)51-34-41(4)20-28-59(51)67/h2*5-37H,1-4H3. The molecule has 0 atom stereocenters. The zero-order valence-electron chi connectivity index (χ0n) is 75.6. The van der Waals surface area contributed by atoms with Crippen molar-refractivity contribution >= 4 is 131 Å². The van der Waals surface area contributed by atoms with Crippen molar-refractivity contribution < 1.29 is 0 Å². The quantitative estimate of drug-likeness (QED) is 0.122. The van der Waals surface area contributed by atoms with E-state index >= 15 is 0 Å². The highest BCUT2D eigenvalue weighted by Gasteiger charge is 2.26. The maximum absolute atomic E-state index is 5.29. The van der Waals surface area contributed by atoms with Crippen LogP contribution >= 0.6 is 0 Å². The molecule has 0 aliphatic rings. The maximum atomic E-state index is 5.29. The molecule has 0 spiro atoms. The molecule has 0 aliphatic carbocycles. The van der Waals surface area contributed by atoms with Crippen molar-refractivity contribution in [1.29, 1.82) is 0 Å². The van der Waals surface area contributed by atoms with Gasteiger partial charge in [-0.2, -0.15) is 0 Å². The molecular weight excluding hydrogens is 1630 g/mol. The molecule has 8 heterocycles. The highest BCUT2D eigenvalue weighted by molar-refractivity contribution is 6.17. The summed E-state index contributed by atoms with van der Waals surface area (Å²) in [6.45, 7) is 17.3. The number of para-hydroxylation sites is 6. The lowest BCUT2D eigenvalue weighted by Crippen LogP contribution is -2.02. The summed E-state index contributed by atoms with van der Waals surface area (Å²) in [5.41, 5.74) is 40.4. The normalized spacial score (nSPS) is 11.9. The van der Waals surface area contributed by atoms with Gasteiger partial charge in [-0.25, -0.2) is 19.9 Å². The number of hydrogen-bond donors (Lipinski definition) is 0. The van der Waals surface area contributed by atoms with Gasteiger partial charge in [0.05, 0.1) is 89.0 Å². The van der Waals surface area contributed by atoms with Crippen LogP contribution < -0.4 is 0 Å². The lowest BCUT2D eigenvalue weighted by atomic mass is 9.98. The Balaban J connectivity index is 0.000000143. The number of aryl methyl sites for hydroxylation is 8. The second kappa shape index (κ2) is 31.4. The molecule has 0 fully saturated rings. The fourth-order valence-electron chi connectivity index (χ4n) is 21.2. The molecule has 0 saturated heterocycles. The van der Waals surface area contributed by atoms with Crippen LogP contribution in [0.25, 0.3) is 233 Å². The highest BCUT2D eigenvalue weighted by atomic mass is 15.0. The molecule has 26 aromatic rings. The van der Waals surface area contributed by atoms with E-state index in [1.165, 1.54) is 142 Å². The molecule has 134 heavy (non-hydrogen) atoms. The summed E-state index contributed by atoms with van der Waals surface area (Å²) in [6, 6.07) is 146. The highest BCUT2D eigenvalue weighted by Crippen LogP contribution is 2.46. The van der Waals surface area contributed by atoms with Crippen molar-refractivity contribution in [2.45, 2.75) is 55.4 Å². The SMILES string of the molecule is Cc1cccc(-c2cc(-c3cc(C)c(-n4c5ccc(-n6c7ccccc7c7ccccc76)cc5c5cc(-n6c7ccccc7c7ccccc76)ccc54)cc3C)nc(-c3cccc(C)c3)n2)c1.Cc1cccc(-c2cc(-c3ccc(-n4c5ccc(-n6c7ccccc7c7ccccc76)cc5c5cc(-n6c7ccc(C)cc7c7cc(C)ccc76)ccc54)cc3)nc(-c3cccc(C)c3)n2)c1. The smallest absolute Gasteiger partial charge is 0.160 e. The van der Waals surface area contributed by atoms with Crippen molar-refractivity contribution in [3.8, 4) is 102 Å². The second-order valence-corrected chi connectivity index (χ2v) is 36.4. The van der Waals surface area contributed by atoms with E-state index in [1.54, 1.807) is 0 Å². The first-order valence-electron chi connectivity index (χ1n) is 46.1. The van der Waals surface area contributed by atoms with E-state index in [1.807, 2.05) is 0 Å². The van der Waals surface area contributed by atoms with Crippen molar-refractivity contribution in [2.24, 2.45) is 0 Å². The average Bonchev–Trinajstić information content (AvgIpc) is 1.53. The van der Waals surface area contributed by atoms with Crippen LogP contribution in [0.15, 0.2) is 400 Å². The van der Waals surface area contributed by atoms with Crippen LogP contribution in [-0.2, 0) is 0 Å². The molecule has 26 rings (SSSR count). The first kappa shape index (κ1) is 79.1. The van der Waals surface area contributed by atoms with Gasteiger partial charge in [-0.05, 0) is 261 Å². The van der Waals surface area contributed by atoms with Gasteiger partial charge in [-0.15, -0.1) is 0 Å². The predicted molar refractivity (Wildman–Crippen MR) is 561 cm³/mol. The minimum absolute atomic E-state index is 0.715. The molecular formula is C124H90N10. The summed E-state index contributed by atoms with van der Waals surface area (Å²) in [7, 11) is 0. The molecule has 0 amide bonds. The van der Waals surface area contributed by atoms with Gasteiger partial charge < -0.3 is 27.4 Å². The fraction of sp³-hybridized carbons (Fsp3) is 0.0645. The molecule has 636 valence electrons. The van der Waals surface area contributed by atoms with Gasteiger partial charge in [-0.3, -0.25) is 0 Å². The second-order valence-electron chi connectivity index (χ2n) is 36.4. The summed E-state index contributed by atoms with van der Waals surface area (Å²) in [5.74, 6) is 1.44. The molecule has 0 N–H and O–H groups in total. The monoisotopic (exact) mass is 1720 g/mol. The van der Waals surface area contributed by atoms with Gasteiger partial charge in [0.15, 0.2) is 11.6 Å². The first-order valence-corrected chi connectivity index (χ1v) is 46.1. The number of rotatable bonds is 12. The molecule has 8 aromatic heterocycles. The minimum atomic E-state index is 0.715. The largest absolute Gasteiger partial charge is 0.309 e. The van der Waals surface area contributed by atoms with Crippen molar-refractivity contribution in [3.05, 3.63) is 445 Å². The number of fused-ring (bicyclic) bond motifs is 18. The first-order chi connectivity index (χ1) is 65.7. The van der Waals surface area contributed by atoms with E-state index in [0.29, 0.717) is 5.82 Å². The Labute approximate surface area is 775 Å². The van der Waals surface area contributed by atoms with E-state index in [2.05, 4.69) is 483 Å². The van der Waals surface area contributed by atoms with Crippen LogP contribution in [0.4, 0.5) is 0 Å². The third-order valence-corrected chi connectivity index (χ3v) is 27.4. The third kappa shape index (κ3) is 13.1. The predicted octanol–water partition coefficient (Wildman–Crippen LogP) is 32.0. The van der Waals surface area contributed by atoms with E-state index in [0.717, 1.165) is 129 Å². The number of aromatic nitrogens is 10. The van der Waals surface area contributed by atoms with E-state index in [9.17, 15) is 0 Å². The van der Waals surface area contributed by atoms with Crippen LogP contribution in [0, 0.1) is 55.4 Å². The Morgan fingerprint density at radius 3 is 0.769 bits per heavy atom. The summed E-state index contributed by atoms with van der Waals surface area (Å²) in [5, 5.41) is 14.8. The zero-order valence-corrected chi connectivity index (χ0v) is 75.6. The summed E-state index contributed by atoms with van der Waals surface area (Å²) < 4.78 is 14.6. The number of hydrogen-bond acceptors (Lipinski definition) is 4. The zero-order chi connectivity index (χ0) is 89.8. The molecule has 10 nitrogen and oxygen atoms in total. The number of nitrogens with zero attached hydrogens (tertiary/aromatic N) is 10. The molecule has 18 aromatic carbocycles. The van der Waals surface area contributed by atoms with Crippen LogP contribution in [0.3, 0.4) is 0 Å². The Kier molecular flexibility index (Phi) is 18.5. The molecule has 10 heteroatoms. The molecule has 0 saturated carbocycles. The summed E-state index contributed by atoms with van der Waals surface area (Å²) in [6.07, 6.45) is 0. The Hall–Kier alpha value is -17.1. The van der Waals surface area contributed by atoms with E-state index in [-0.39, 0.29) is 0 Å². The topological polar surface area (TPSA) is 81.1 Å². The lowest BCUT2D eigenvalue weighted by molar-refractivity contribution is 1.13. The Morgan fingerprint density at radius 2 is 0.418 bits per heavy atom. The van der Waals surface area contributed by atoms with Gasteiger partial charge in [0.2, 0.25) is 0 Å². The van der Waals surface area contributed by atoms with Gasteiger partial charge >= 0.3 is 0 Å². The fourth-order valence-corrected chi connectivity index (χ4v) is 21.2. The molecule has 0 bridgehead atoms. The van der Waals surface area contributed by atoms with Crippen molar-refractivity contribution in [2.75, 3.05) is 0 Å². The molecule has 0 aliphatic heterocycles. The molecule has 0 unspecified atom stereocenters. The average molecular weight is 1720 g/mol. The van der Waals surface area contributed by atoms with Gasteiger partial charge in [0, 0.05) is 132 Å². The molecule has 0 radical (unpaired) electrons. The van der Waals surface area contributed by atoms with Crippen molar-refractivity contribution in [3.63, 3.8) is 0 Å². The van der Waals surface area contributed by atoms with Gasteiger partial charge in [0.25, 0.3) is 0 Å². The Morgan fingerprint density at radius 1 is 0.157 bits per heavy atom. The van der Waals surface area contributed by atoms with Crippen LogP contribution in [-0.4, -0.2) is 47.3 Å². The third-order valence-electron chi connectivity index (χ3n) is 27.4. The maximum Gasteiger partial charge on any atom is 0.160 e. The van der Waals surface area contributed by atoms with E-state index < -0.39 is 0 Å². The minimum Gasteiger partial charge on any atom is -0.309 e. The van der Waals surface area contributed by atoms with Gasteiger partial charge in [0.1, 0.15) is 0 Å². The number of benzene rings is 18. The lowest BCUT2D eigenvalue weighted by Gasteiger charge is -2.17. The van der Waals surface area contributed by atoms with Crippen LogP contribution in [0.5, 0.6) is 0 Å². The van der Waals surface area contributed by atoms with Crippen molar-refractivity contribution in [1.82, 2.24) is 47.3 Å².